The summed E-state index contributed by atoms with van der Waals surface area (Å²) in [6.45, 7) is 1.93. The number of nitrogens with zero attached hydrogens (tertiary/aromatic N) is 2. The number of nitrogens with two attached hydrogens (primary N) is 1. The van der Waals surface area contributed by atoms with E-state index in [4.69, 9.17) is 19.7 Å². The van der Waals surface area contributed by atoms with E-state index in [0.29, 0.717) is 11.7 Å². The van der Waals surface area contributed by atoms with Gasteiger partial charge in [-0.15, -0.1) is 0 Å². The summed E-state index contributed by atoms with van der Waals surface area (Å²) in [4.78, 5) is 4.44. The summed E-state index contributed by atoms with van der Waals surface area (Å²) in [6.07, 6.45) is 2.89. The number of rotatable bonds is 4. The van der Waals surface area contributed by atoms with E-state index in [0.717, 1.165) is 41.9 Å². The summed E-state index contributed by atoms with van der Waals surface area (Å²) in [5.74, 6) is 2.44. The summed E-state index contributed by atoms with van der Waals surface area (Å²) >= 11 is 0. The molecule has 0 atom stereocenters. The van der Waals surface area contributed by atoms with Crippen molar-refractivity contribution in [1.82, 2.24) is 10.1 Å². The molecule has 1 aromatic carbocycles. The van der Waals surface area contributed by atoms with Gasteiger partial charge in [-0.3, -0.25) is 0 Å². The molecule has 112 valence electrons. The van der Waals surface area contributed by atoms with Gasteiger partial charge in [-0.2, -0.15) is 4.98 Å². The van der Waals surface area contributed by atoms with Crippen molar-refractivity contribution in [1.29, 1.82) is 0 Å². The highest BCUT2D eigenvalue weighted by atomic mass is 16.5. The summed E-state index contributed by atoms with van der Waals surface area (Å²) in [6, 6.07) is 3.72. The van der Waals surface area contributed by atoms with Crippen molar-refractivity contribution in [3.63, 3.8) is 0 Å². The fraction of sp³-hybridized carbons (Fsp3) is 0.467. The first kappa shape index (κ1) is 13.9. The minimum atomic E-state index is -0.430. The van der Waals surface area contributed by atoms with E-state index in [1.54, 1.807) is 14.2 Å². The maximum atomic E-state index is 6.22. The van der Waals surface area contributed by atoms with E-state index in [9.17, 15) is 0 Å². The molecule has 1 aromatic heterocycles. The van der Waals surface area contributed by atoms with Crippen LogP contribution in [0.25, 0.3) is 11.5 Å². The SMILES string of the molecule is COc1cc(-c2nc(C3(N)CCC3)no2)cc(OC)c1C. The van der Waals surface area contributed by atoms with Gasteiger partial charge in [-0.25, -0.2) is 0 Å². The molecule has 6 heteroatoms. The largest absolute Gasteiger partial charge is 0.496 e. The zero-order valence-corrected chi connectivity index (χ0v) is 12.5. The van der Waals surface area contributed by atoms with Crippen molar-refractivity contribution in [3.05, 3.63) is 23.5 Å². The molecule has 1 heterocycles. The van der Waals surface area contributed by atoms with Gasteiger partial charge in [0.15, 0.2) is 5.82 Å². The van der Waals surface area contributed by atoms with E-state index in [-0.39, 0.29) is 0 Å². The van der Waals surface area contributed by atoms with Crippen molar-refractivity contribution < 1.29 is 14.0 Å². The van der Waals surface area contributed by atoms with Crippen LogP contribution in [0.15, 0.2) is 16.7 Å². The lowest BCUT2D eigenvalue weighted by molar-refractivity contribution is 0.229. The average Bonchev–Trinajstić information content (AvgIpc) is 2.95. The highest BCUT2D eigenvalue weighted by Crippen LogP contribution is 2.39. The van der Waals surface area contributed by atoms with E-state index < -0.39 is 5.54 Å². The molecular weight excluding hydrogens is 270 g/mol. The Labute approximate surface area is 123 Å². The number of aromatic nitrogens is 2. The second-order valence-electron chi connectivity index (χ2n) is 5.44. The summed E-state index contributed by atoms with van der Waals surface area (Å²) in [5.41, 5.74) is 7.48. The first-order valence-electron chi connectivity index (χ1n) is 6.93. The zero-order chi connectivity index (χ0) is 15.0. The first-order chi connectivity index (χ1) is 10.1. The number of hydrogen-bond donors (Lipinski definition) is 1. The van der Waals surface area contributed by atoms with Crippen LogP contribution in [0.1, 0.15) is 30.7 Å². The van der Waals surface area contributed by atoms with E-state index in [1.807, 2.05) is 19.1 Å². The third kappa shape index (κ3) is 2.25. The molecular formula is C15H19N3O3. The van der Waals surface area contributed by atoms with Crippen molar-refractivity contribution in [3.8, 4) is 23.0 Å². The van der Waals surface area contributed by atoms with E-state index >= 15 is 0 Å². The number of benzene rings is 1. The molecule has 3 rings (SSSR count). The third-order valence-corrected chi connectivity index (χ3v) is 4.12. The molecule has 0 radical (unpaired) electrons. The fourth-order valence-corrected chi connectivity index (χ4v) is 2.53. The Hall–Kier alpha value is -2.08. The van der Waals surface area contributed by atoms with Crippen molar-refractivity contribution in [2.45, 2.75) is 31.7 Å². The molecule has 2 N–H and O–H groups in total. The quantitative estimate of drug-likeness (QED) is 0.930. The molecule has 6 nitrogen and oxygen atoms in total. The summed E-state index contributed by atoms with van der Waals surface area (Å²) in [7, 11) is 3.24. The Kier molecular flexibility index (Phi) is 3.33. The summed E-state index contributed by atoms with van der Waals surface area (Å²) < 4.78 is 16.1. The highest BCUT2D eigenvalue weighted by Gasteiger charge is 2.39. The lowest BCUT2D eigenvalue weighted by atomic mass is 9.77. The van der Waals surface area contributed by atoms with Crippen LogP contribution in [0.5, 0.6) is 11.5 Å². The lowest BCUT2D eigenvalue weighted by Gasteiger charge is -2.34. The zero-order valence-electron chi connectivity index (χ0n) is 12.5. The predicted octanol–water partition coefficient (Wildman–Crippen LogP) is 2.40. The molecule has 21 heavy (non-hydrogen) atoms. The molecule has 1 fully saturated rings. The normalized spacial score (nSPS) is 16.4. The smallest absolute Gasteiger partial charge is 0.258 e. The van der Waals surface area contributed by atoms with Gasteiger partial charge < -0.3 is 19.7 Å². The van der Waals surface area contributed by atoms with Gasteiger partial charge in [0.05, 0.1) is 19.8 Å². The molecule has 1 saturated carbocycles. The van der Waals surface area contributed by atoms with E-state index in [2.05, 4.69) is 10.1 Å². The molecule has 2 aromatic rings. The molecule has 1 aliphatic rings. The van der Waals surface area contributed by atoms with Gasteiger partial charge in [0.2, 0.25) is 0 Å². The second-order valence-corrected chi connectivity index (χ2v) is 5.44. The van der Waals surface area contributed by atoms with Crippen LogP contribution in [0, 0.1) is 6.92 Å². The number of methoxy groups -OCH3 is 2. The predicted molar refractivity (Wildman–Crippen MR) is 77.3 cm³/mol. The standard InChI is InChI=1S/C15H19N3O3/c1-9-11(19-2)7-10(8-12(9)20-3)13-17-14(18-21-13)15(16)5-4-6-15/h7-8H,4-6,16H2,1-3H3. The van der Waals surface area contributed by atoms with Gasteiger partial charge in [-0.05, 0) is 38.3 Å². The monoisotopic (exact) mass is 289 g/mol. The van der Waals surface area contributed by atoms with Crippen LogP contribution >= 0.6 is 0 Å². The van der Waals surface area contributed by atoms with Crippen LogP contribution in [-0.4, -0.2) is 24.4 Å². The average molecular weight is 289 g/mol. The Morgan fingerprint density at radius 2 is 1.81 bits per heavy atom. The molecule has 0 unspecified atom stereocenters. The van der Waals surface area contributed by atoms with Crippen molar-refractivity contribution in [2.24, 2.45) is 5.73 Å². The van der Waals surface area contributed by atoms with Gasteiger partial charge in [0.1, 0.15) is 11.5 Å². The second kappa shape index (κ2) is 5.04. The van der Waals surface area contributed by atoms with Crippen LogP contribution in [0.2, 0.25) is 0 Å². The molecule has 1 aliphatic carbocycles. The van der Waals surface area contributed by atoms with Crippen LogP contribution in [0.4, 0.5) is 0 Å². The molecule has 0 bridgehead atoms. The number of ether oxygens (including phenoxy) is 2. The third-order valence-electron chi connectivity index (χ3n) is 4.12. The Morgan fingerprint density at radius 3 is 2.29 bits per heavy atom. The molecule has 0 aliphatic heterocycles. The van der Waals surface area contributed by atoms with Gasteiger partial charge in [0.25, 0.3) is 5.89 Å². The minimum Gasteiger partial charge on any atom is -0.496 e. The van der Waals surface area contributed by atoms with E-state index in [1.165, 1.54) is 0 Å². The highest BCUT2D eigenvalue weighted by molar-refractivity contribution is 5.62. The van der Waals surface area contributed by atoms with Gasteiger partial charge in [-0.1, -0.05) is 5.16 Å². The fourth-order valence-electron chi connectivity index (χ4n) is 2.53. The summed E-state index contributed by atoms with van der Waals surface area (Å²) in [5, 5.41) is 4.03. The molecule has 0 saturated heterocycles. The van der Waals surface area contributed by atoms with Crippen LogP contribution < -0.4 is 15.2 Å². The van der Waals surface area contributed by atoms with Crippen LogP contribution in [-0.2, 0) is 5.54 Å². The maximum absolute atomic E-state index is 6.22. The Bertz CT molecular complexity index is 637. The lowest BCUT2D eigenvalue weighted by Crippen LogP contribution is -2.44. The van der Waals surface area contributed by atoms with Gasteiger partial charge >= 0.3 is 0 Å². The van der Waals surface area contributed by atoms with Crippen molar-refractivity contribution in [2.75, 3.05) is 14.2 Å². The molecule has 0 amide bonds. The topological polar surface area (TPSA) is 83.4 Å². The van der Waals surface area contributed by atoms with Crippen LogP contribution in [0.3, 0.4) is 0 Å². The molecule has 0 spiro atoms. The Morgan fingerprint density at radius 1 is 1.19 bits per heavy atom. The van der Waals surface area contributed by atoms with Crippen molar-refractivity contribution >= 4 is 0 Å². The number of hydrogen-bond acceptors (Lipinski definition) is 6. The minimum absolute atomic E-state index is 0.429. The Balaban J connectivity index is 2.00. The van der Waals surface area contributed by atoms with Gasteiger partial charge in [0, 0.05) is 11.1 Å². The maximum Gasteiger partial charge on any atom is 0.258 e. The first-order valence-corrected chi connectivity index (χ1v) is 6.93.